The molecule has 4 heterocycles. The molecule has 3 aromatic heterocycles. The van der Waals surface area contributed by atoms with Crippen LogP contribution in [0.15, 0.2) is 24.5 Å². The molecule has 7 nitrogen and oxygen atoms in total. The molecule has 0 amide bonds. The normalized spacial score (nSPS) is 16.1. The Balaban J connectivity index is 1.48. The lowest BCUT2D eigenvalue weighted by molar-refractivity contribution is -0.120. The minimum atomic E-state index is 0.204. The van der Waals surface area contributed by atoms with Crippen molar-refractivity contribution in [1.29, 1.82) is 0 Å². The van der Waals surface area contributed by atoms with Crippen molar-refractivity contribution in [3.05, 3.63) is 35.2 Å². The highest BCUT2D eigenvalue weighted by Crippen LogP contribution is 2.25. The molecule has 1 aliphatic rings. The van der Waals surface area contributed by atoms with Crippen LogP contribution in [0.4, 0.5) is 0 Å². The summed E-state index contributed by atoms with van der Waals surface area (Å²) in [6.07, 6.45) is 3.88. The Morgan fingerprint density at radius 3 is 2.67 bits per heavy atom. The number of hydrogen-bond acceptors (Lipinski definition) is 8. The van der Waals surface area contributed by atoms with Crippen molar-refractivity contribution < 1.29 is 4.79 Å². The van der Waals surface area contributed by atoms with E-state index in [4.69, 9.17) is 0 Å². The Labute approximate surface area is 162 Å². The highest BCUT2D eigenvalue weighted by molar-refractivity contribution is 7.14. The number of piperazine rings is 1. The van der Waals surface area contributed by atoms with Gasteiger partial charge in [-0.1, -0.05) is 11.3 Å². The number of aryl methyl sites for hydroxylation is 1. The van der Waals surface area contributed by atoms with Crippen LogP contribution in [0.1, 0.15) is 10.7 Å². The van der Waals surface area contributed by atoms with Crippen LogP contribution < -0.4 is 0 Å². The zero-order valence-electron chi connectivity index (χ0n) is 15.6. The van der Waals surface area contributed by atoms with Gasteiger partial charge in [0.1, 0.15) is 10.0 Å². The van der Waals surface area contributed by atoms with Crippen molar-refractivity contribution in [1.82, 2.24) is 30.0 Å². The first-order valence-electron chi connectivity index (χ1n) is 9.04. The average molecular weight is 382 g/mol. The lowest BCUT2D eigenvalue weighted by Gasteiger charge is -2.31. The Kier molecular flexibility index (Phi) is 5.20. The fourth-order valence-electron chi connectivity index (χ4n) is 3.22. The average Bonchev–Trinajstić information content (AvgIpc) is 3.09. The standard InChI is InChI=1S/C19H22N6OS/c1-13-22-23-19(27-13)15-7-14-8-16(20-11-18(14)21-10-15)9-17(26)12-25-5-3-24(2)4-6-25/h7-8,10-11H,3-6,9,12H2,1-2H3. The molecular weight excluding hydrogens is 360 g/mol. The highest BCUT2D eigenvalue weighted by Gasteiger charge is 2.17. The van der Waals surface area contributed by atoms with Gasteiger partial charge < -0.3 is 4.90 Å². The third-order valence-electron chi connectivity index (χ3n) is 4.77. The zero-order valence-corrected chi connectivity index (χ0v) is 16.4. The number of Topliss-reactive ketones (excluding diaryl/α,β-unsaturated/α-hetero) is 1. The molecule has 0 aliphatic carbocycles. The van der Waals surface area contributed by atoms with E-state index in [1.807, 2.05) is 19.1 Å². The van der Waals surface area contributed by atoms with Crippen molar-refractivity contribution in [3.8, 4) is 10.6 Å². The number of fused-ring (bicyclic) bond motifs is 1. The summed E-state index contributed by atoms with van der Waals surface area (Å²) in [6.45, 7) is 6.35. The van der Waals surface area contributed by atoms with Crippen LogP contribution in [0.2, 0.25) is 0 Å². The highest BCUT2D eigenvalue weighted by atomic mass is 32.1. The third-order valence-corrected chi connectivity index (χ3v) is 5.66. The molecule has 0 N–H and O–H groups in total. The summed E-state index contributed by atoms with van der Waals surface area (Å²) >= 11 is 1.54. The van der Waals surface area contributed by atoms with Gasteiger partial charge in [0.05, 0.1) is 24.7 Å². The van der Waals surface area contributed by atoms with Gasteiger partial charge in [0.25, 0.3) is 0 Å². The van der Waals surface area contributed by atoms with Crippen molar-refractivity contribution in [2.45, 2.75) is 13.3 Å². The van der Waals surface area contributed by atoms with Crippen LogP contribution in [0.3, 0.4) is 0 Å². The van der Waals surface area contributed by atoms with Gasteiger partial charge in [-0.3, -0.25) is 19.7 Å². The summed E-state index contributed by atoms with van der Waals surface area (Å²) < 4.78 is 0. The summed E-state index contributed by atoms with van der Waals surface area (Å²) in [5, 5.41) is 11.0. The number of nitrogens with zero attached hydrogens (tertiary/aromatic N) is 6. The lowest BCUT2D eigenvalue weighted by atomic mass is 10.1. The van der Waals surface area contributed by atoms with E-state index in [0.29, 0.717) is 13.0 Å². The third kappa shape index (κ3) is 4.35. The van der Waals surface area contributed by atoms with E-state index in [-0.39, 0.29) is 5.78 Å². The van der Waals surface area contributed by atoms with E-state index in [1.165, 1.54) is 0 Å². The molecule has 1 aliphatic heterocycles. The molecule has 0 atom stereocenters. The number of ketones is 1. The summed E-state index contributed by atoms with van der Waals surface area (Å²) in [5.74, 6) is 0.204. The number of hydrogen-bond donors (Lipinski definition) is 0. The van der Waals surface area contributed by atoms with E-state index in [0.717, 1.165) is 58.4 Å². The number of carbonyl (C=O) groups is 1. The van der Waals surface area contributed by atoms with E-state index in [9.17, 15) is 4.79 Å². The molecule has 4 rings (SSSR count). The second-order valence-electron chi connectivity index (χ2n) is 7.01. The molecule has 0 bridgehead atoms. The van der Waals surface area contributed by atoms with Gasteiger partial charge in [0.15, 0.2) is 5.78 Å². The van der Waals surface area contributed by atoms with Crippen molar-refractivity contribution in [2.24, 2.45) is 0 Å². The summed E-state index contributed by atoms with van der Waals surface area (Å²) in [6, 6.07) is 4.00. The Hall–Kier alpha value is -2.29. The molecule has 1 saturated heterocycles. The quantitative estimate of drug-likeness (QED) is 0.666. The summed E-state index contributed by atoms with van der Waals surface area (Å²) in [5.41, 5.74) is 2.54. The predicted molar refractivity (Wildman–Crippen MR) is 106 cm³/mol. The number of aromatic nitrogens is 4. The molecule has 0 aromatic carbocycles. The van der Waals surface area contributed by atoms with Gasteiger partial charge in [-0.2, -0.15) is 0 Å². The maximum absolute atomic E-state index is 12.5. The molecule has 0 saturated carbocycles. The number of rotatable bonds is 5. The van der Waals surface area contributed by atoms with Gasteiger partial charge in [-0.15, -0.1) is 10.2 Å². The van der Waals surface area contributed by atoms with Crippen LogP contribution in [0, 0.1) is 6.92 Å². The molecule has 0 spiro atoms. The molecule has 0 unspecified atom stereocenters. The van der Waals surface area contributed by atoms with Crippen LogP contribution in [-0.4, -0.2) is 75.5 Å². The summed E-state index contributed by atoms with van der Waals surface area (Å²) in [4.78, 5) is 25.9. The minimum Gasteiger partial charge on any atom is -0.304 e. The van der Waals surface area contributed by atoms with Crippen LogP contribution in [0.25, 0.3) is 21.5 Å². The molecule has 1 fully saturated rings. The zero-order chi connectivity index (χ0) is 18.8. The summed E-state index contributed by atoms with van der Waals surface area (Å²) in [7, 11) is 2.11. The second-order valence-corrected chi connectivity index (χ2v) is 8.20. The van der Waals surface area contributed by atoms with Crippen LogP contribution >= 0.6 is 11.3 Å². The second kappa shape index (κ2) is 7.75. The molecule has 3 aromatic rings. The molecule has 0 radical (unpaired) electrons. The van der Waals surface area contributed by atoms with Crippen molar-refractivity contribution in [3.63, 3.8) is 0 Å². The van der Waals surface area contributed by atoms with E-state index in [1.54, 1.807) is 23.7 Å². The maximum atomic E-state index is 12.5. The SMILES string of the molecule is Cc1nnc(-c2cnc3cnc(CC(=O)CN4CCN(C)CC4)cc3c2)s1. The van der Waals surface area contributed by atoms with E-state index in [2.05, 4.69) is 37.0 Å². The molecule has 27 heavy (non-hydrogen) atoms. The van der Waals surface area contributed by atoms with Crippen LogP contribution in [0.5, 0.6) is 0 Å². The van der Waals surface area contributed by atoms with E-state index < -0.39 is 0 Å². The number of carbonyl (C=O) groups excluding carboxylic acids is 1. The maximum Gasteiger partial charge on any atom is 0.152 e. The van der Waals surface area contributed by atoms with Crippen molar-refractivity contribution in [2.75, 3.05) is 39.8 Å². The molecular formula is C19H22N6OS. The molecule has 140 valence electrons. The lowest BCUT2D eigenvalue weighted by Crippen LogP contribution is -2.46. The van der Waals surface area contributed by atoms with Crippen LogP contribution in [-0.2, 0) is 11.2 Å². The van der Waals surface area contributed by atoms with Gasteiger partial charge >= 0.3 is 0 Å². The first-order valence-corrected chi connectivity index (χ1v) is 9.86. The Bertz CT molecular complexity index is 964. The first kappa shape index (κ1) is 18.1. The van der Waals surface area contributed by atoms with E-state index >= 15 is 0 Å². The fourth-order valence-corrected chi connectivity index (χ4v) is 3.89. The Morgan fingerprint density at radius 1 is 1.11 bits per heavy atom. The topological polar surface area (TPSA) is 75.1 Å². The smallest absolute Gasteiger partial charge is 0.152 e. The Morgan fingerprint density at radius 2 is 1.93 bits per heavy atom. The van der Waals surface area contributed by atoms with Gasteiger partial charge in [0.2, 0.25) is 0 Å². The van der Waals surface area contributed by atoms with Gasteiger partial charge in [-0.25, -0.2) is 0 Å². The van der Waals surface area contributed by atoms with Crippen molar-refractivity contribution >= 4 is 28.0 Å². The van der Waals surface area contributed by atoms with Gasteiger partial charge in [-0.05, 0) is 26.1 Å². The molecule has 8 heteroatoms. The predicted octanol–water partition coefficient (Wildman–Crippen LogP) is 1.82. The number of pyridine rings is 2. The first-order chi connectivity index (χ1) is 13.1. The monoisotopic (exact) mass is 382 g/mol. The largest absolute Gasteiger partial charge is 0.304 e. The fraction of sp³-hybridized carbons (Fsp3) is 0.421. The number of likely N-dealkylation sites (N-methyl/N-ethyl adjacent to an activating group) is 1. The van der Waals surface area contributed by atoms with Gasteiger partial charge in [0, 0.05) is 49.0 Å². The minimum absolute atomic E-state index is 0.204.